The zero-order valence-corrected chi connectivity index (χ0v) is 8.63. The van der Waals surface area contributed by atoms with Crippen molar-refractivity contribution < 1.29 is 15.0 Å². The number of carbonyl (C=O) groups is 1. The molecule has 2 atom stereocenters. The van der Waals surface area contributed by atoms with E-state index < -0.39 is 18.1 Å². The lowest BCUT2D eigenvalue weighted by Gasteiger charge is -2.16. The van der Waals surface area contributed by atoms with Crippen LogP contribution >= 0.6 is 0 Å². The van der Waals surface area contributed by atoms with Gasteiger partial charge >= 0.3 is 0 Å². The van der Waals surface area contributed by atoms with Crippen molar-refractivity contribution in [3.8, 4) is 0 Å². The highest BCUT2D eigenvalue weighted by molar-refractivity contribution is 5.93. The minimum absolute atomic E-state index is 0.0610. The number of carbonyl (C=O) groups excluding carboxylic acids is 1. The van der Waals surface area contributed by atoms with Crippen molar-refractivity contribution in [1.29, 1.82) is 0 Å². The number of aliphatic hydroxyl groups excluding tert-OH is 2. The monoisotopic (exact) mass is 225 g/mol. The molecule has 0 bridgehead atoms. The van der Waals surface area contributed by atoms with Crippen molar-refractivity contribution in [2.75, 3.05) is 6.54 Å². The Bertz CT molecular complexity index is 370. The van der Waals surface area contributed by atoms with Gasteiger partial charge in [-0.05, 0) is 17.7 Å². The number of amides is 1. The van der Waals surface area contributed by atoms with E-state index in [1.54, 1.807) is 18.2 Å². The van der Waals surface area contributed by atoms with Gasteiger partial charge in [0.05, 0.1) is 6.10 Å². The topological polar surface area (TPSA) is 122 Å². The highest BCUT2D eigenvalue weighted by Gasteiger charge is 2.17. The van der Waals surface area contributed by atoms with Gasteiger partial charge < -0.3 is 15.9 Å². The van der Waals surface area contributed by atoms with E-state index >= 15 is 0 Å². The molecule has 88 valence electrons. The van der Waals surface area contributed by atoms with Crippen molar-refractivity contribution in [3.63, 3.8) is 0 Å². The van der Waals surface area contributed by atoms with E-state index in [4.69, 9.17) is 11.6 Å². The minimum atomic E-state index is -1.12. The smallest absolute Gasteiger partial charge is 0.265 e. The third-order valence-electron chi connectivity index (χ3n) is 2.23. The van der Waals surface area contributed by atoms with Crippen LogP contribution in [-0.4, -0.2) is 28.8 Å². The Kier molecular flexibility index (Phi) is 4.39. The molecule has 0 aliphatic heterocycles. The third-order valence-corrected chi connectivity index (χ3v) is 2.23. The van der Waals surface area contributed by atoms with Gasteiger partial charge in [0.1, 0.15) is 6.10 Å². The Hall–Kier alpha value is -1.47. The molecule has 0 heterocycles. The molecular weight excluding hydrogens is 210 g/mol. The molecule has 0 spiro atoms. The molecule has 1 rings (SSSR count). The summed E-state index contributed by atoms with van der Waals surface area (Å²) >= 11 is 0. The van der Waals surface area contributed by atoms with Crippen LogP contribution in [0.2, 0.25) is 0 Å². The SMILES string of the molecule is NCC(O)C(O)c1cccc(C(=O)NN)c1. The van der Waals surface area contributed by atoms with Gasteiger partial charge in [-0.25, -0.2) is 5.84 Å². The predicted molar refractivity (Wildman–Crippen MR) is 58.1 cm³/mol. The Labute approximate surface area is 92.8 Å². The maximum absolute atomic E-state index is 11.2. The lowest BCUT2D eigenvalue weighted by molar-refractivity contribution is 0.0243. The van der Waals surface area contributed by atoms with Crippen LogP contribution in [0, 0.1) is 0 Å². The summed E-state index contributed by atoms with van der Waals surface area (Å²) in [4.78, 5) is 11.2. The molecule has 0 aliphatic carbocycles. The van der Waals surface area contributed by atoms with Crippen molar-refractivity contribution in [3.05, 3.63) is 35.4 Å². The fourth-order valence-corrected chi connectivity index (χ4v) is 1.30. The van der Waals surface area contributed by atoms with E-state index in [0.29, 0.717) is 11.1 Å². The molecular formula is C10H15N3O3. The normalized spacial score (nSPS) is 14.2. The zero-order valence-electron chi connectivity index (χ0n) is 8.63. The lowest BCUT2D eigenvalue weighted by Crippen LogP contribution is -2.30. The Morgan fingerprint density at radius 1 is 1.44 bits per heavy atom. The van der Waals surface area contributed by atoms with Gasteiger partial charge in [-0.15, -0.1) is 0 Å². The number of aliphatic hydroxyl groups is 2. The molecule has 0 saturated carbocycles. The van der Waals surface area contributed by atoms with E-state index in [1.165, 1.54) is 6.07 Å². The summed E-state index contributed by atoms with van der Waals surface area (Å²) in [6.45, 7) is -0.0610. The number of nitrogen functional groups attached to an aromatic ring is 1. The maximum Gasteiger partial charge on any atom is 0.265 e. The number of nitrogens with two attached hydrogens (primary N) is 2. The van der Waals surface area contributed by atoms with Gasteiger partial charge in [0.2, 0.25) is 0 Å². The van der Waals surface area contributed by atoms with E-state index in [-0.39, 0.29) is 6.54 Å². The molecule has 0 fully saturated rings. The first kappa shape index (κ1) is 12.6. The summed E-state index contributed by atoms with van der Waals surface area (Å²) in [6, 6.07) is 6.18. The Morgan fingerprint density at radius 2 is 2.12 bits per heavy atom. The first-order chi connectivity index (χ1) is 7.60. The Morgan fingerprint density at radius 3 is 2.69 bits per heavy atom. The van der Waals surface area contributed by atoms with E-state index in [0.717, 1.165) is 0 Å². The first-order valence-corrected chi connectivity index (χ1v) is 4.77. The van der Waals surface area contributed by atoms with Crippen LogP contribution in [0.15, 0.2) is 24.3 Å². The van der Waals surface area contributed by atoms with Crippen molar-refractivity contribution >= 4 is 5.91 Å². The van der Waals surface area contributed by atoms with Gasteiger partial charge in [-0.3, -0.25) is 10.2 Å². The summed E-state index contributed by atoms with van der Waals surface area (Å²) in [5.74, 6) is 4.52. The van der Waals surface area contributed by atoms with E-state index in [9.17, 15) is 15.0 Å². The van der Waals surface area contributed by atoms with Crippen molar-refractivity contribution in [2.45, 2.75) is 12.2 Å². The molecule has 6 heteroatoms. The molecule has 0 aromatic heterocycles. The highest BCUT2D eigenvalue weighted by atomic mass is 16.3. The molecule has 16 heavy (non-hydrogen) atoms. The summed E-state index contributed by atoms with van der Waals surface area (Å²) < 4.78 is 0. The second kappa shape index (κ2) is 5.57. The minimum Gasteiger partial charge on any atom is -0.389 e. The van der Waals surface area contributed by atoms with Crippen molar-refractivity contribution in [2.24, 2.45) is 11.6 Å². The Balaban J connectivity index is 2.94. The quantitative estimate of drug-likeness (QED) is 0.246. The highest BCUT2D eigenvalue weighted by Crippen LogP contribution is 2.17. The maximum atomic E-state index is 11.2. The number of hydrogen-bond acceptors (Lipinski definition) is 5. The lowest BCUT2D eigenvalue weighted by atomic mass is 10.0. The van der Waals surface area contributed by atoms with Gasteiger partial charge in [0.25, 0.3) is 5.91 Å². The van der Waals surface area contributed by atoms with Crippen LogP contribution in [-0.2, 0) is 0 Å². The summed E-state index contributed by atoms with van der Waals surface area (Å²) in [6.07, 6.45) is -2.17. The van der Waals surface area contributed by atoms with Gasteiger partial charge in [-0.1, -0.05) is 12.1 Å². The standard InChI is InChI=1S/C10H15N3O3/c11-5-8(14)9(15)6-2-1-3-7(4-6)10(16)13-12/h1-4,8-9,14-15H,5,11-12H2,(H,13,16). The fraction of sp³-hybridized carbons (Fsp3) is 0.300. The van der Waals surface area contributed by atoms with E-state index in [1.807, 2.05) is 5.43 Å². The van der Waals surface area contributed by atoms with Crippen LogP contribution in [0.5, 0.6) is 0 Å². The number of hydrogen-bond donors (Lipinski definition) is 5. The molecule has 7 N–H and O–H groups in total. The fourth-order valence-electron chi connectivity index (χ4n) is 1.30. The molecule has 0 aliphatic rings. The second-order valence-electron chi connectivity index (χ2n) is 3.35. The average Bonchev–Trinajstić information content (AvgIpc) is 2.36. The number of benzene rings is 1. The van der Waals surface area contributed by atoms with Crippen LogP contribution in [0.4, 0.5) is 0 Å². The first-order valence-electron chi connectivity index (χ1n) is 4.77. The van der Waals surface area contributed by atoms with Crippen LogP contribution in [0.3, 0.4) is 0 Å². The third kappa shape index (κ3) is 2.77. The summed E-state index contributed by atoms with van der Waals surface area (Å²) in [5, 5.41) is 19.0. The van der Waals surface area contributed by atoms with Gasteiger partial charge in [0.15, 0.2) is 0 Å². The van der Waals surface area contributed by atoms with Crippen molar-refractivity contribution in [1.82, 2.24) is 5.43 Å². The molecule has 6 nitrogen and oxygen atoms in total. The molecule has 0 radical (unpaired) electrons. The molecule has 1 aromatic carbocycles. The summed E-state index contributed by atoms with van der Waals surface area (Å²) in [5.41, 5.74) is 7.93. The van der Waals surface area contributed by atoms with Crippen LogP contribution in [0.1, 0.15) is 22.0 Å². The predicted octanol–water partition coefficient (Wildman–Crippen LogP) is -1.36. The van der Waals surface area contributed by atoms with Gasteiger partial charge in [-0.2, -0.15) is 0 Å². The van der Waals surface area contributed by atoms with Crippen LogP contribution < -0.4 is 17.0 Å². The van der Waals surface area contributed by atoms with Gasteiger partial charge in [0, 0.05) is 12.1 Å². The number of nitrogens with one attached hydrogen (secondary N) is 1. The number of rotatable bonds is 4. The number of hydrazine groups is 1. The van der Waals surface area contributed by atoms with Crippen LogP contribution in [0.25, 0.3) is 0 Å². The zero-order chi connectivity index (χ0) is 12.1. The second-order valence-corrected chi connectivity index (χ2v) is 3.35. The summed E-state index contributed by atoms with van der Waals surface area (Å²) in [7, 11) is 0. The average molecular weight is 225 g/mol. The molecule has 1 aromatic rings. The largest absolute Gasteiger partial charge is 0.389 e. The molecule has 0 saturated heterocycles. The molecule has 2 unspecified atom stereocenters. The molecule has 1 amide bonds. The van der Waals surface area contributed by atoms with E-state index in [2.05, 4.69) is 0 Å².